The van der Waals surface area contributed by atoms with Gasteiger partial charge < -0.3 is 24.5 Å². The average molecular weight is 348 g/mol. The quantitative estimate of drug-likeness (QED) is 0.870. The molecule has 2 atom stereocenters. The number of carbonyl (C=O) groups is 1. The van der Waals surface area contributed by atoms with Gasteiger partial charge in [-0.25, -0.2) is 9.18 Å². The number of nitrogens with one attached hydrogen (secondary N) is 1. The number of ether oxygens (including phenoxy) is 1. The molecule has 1 saturated heterocycles. The van der Waals surface area contributed by atoms with Crippen LogP contribution in [-0.4, -0.2) is 41.8 Å². The number of rotatable bonds is 5. The van der Waals surface area contributed by atoms with Crippen molar-refractivity contribution in [2.75, 3.05) is 19.8 Å². The van der Waals surface area contributed by atoms with E-state index >= 15 is 0 Å². The maximum Gasteiger partial charge on any atom is 0.318 e. The van der Waals surface area contributed by atoms with Gasteiger partial charge >= 0.3 is 6.03 Å². The van der Waals surface area contributed by atoms with Crippen LogP contribution in [0.4, 0.5) is 9.18 Å². The first kappa shape index (κ1) is 17.4. The van der Waals surface area contributed by atoms with E-state index in [1.54, 1.807) is 29.2 Å². The summed E-state index contributed by atoms with van der Waals surface area (Å²) in [6, 6.07) is 8.92. The van der Waals surface area contributed by atoms with Crippen molar-refractivity contribution in [3.05, 3.63) is 59.8 Å². The Morgan fingerprint density at radius 1 is 1.36 bits per heavy atom. The van der Waals surface area contributed by atoms with Crippen LogP contribution in [0.2, 0.25) is 0 Å². The third-order valence-corrected chi connectivity index (χ3v) is 4.21. The van der Waals surface area contributed by atoms with E-state index < -0.39 is 6.10 Å². The molecular formula is C18H21FN2O4. The number of aliphatic hydroxyl groups excluding tert-OH is 1. The lowest BCUT2D eigenvalue weighted by atomic mass is 10.1. The second-order valence-corrected chi connectivity index (χ2v) is 5.97. The molecule has 134 valence electrons. The molecule has 1 aliphatic heterocycles. The fraction of sp³-hybridized carbons (Fsp3) is 0.389. The highest BCUT2D eigenvalue weighted by Crippen LogP contribution is 2.23. The number of benzene rings is 1. The number of morpholine rings is 1. The minimum absolute atomic E-state index is 0.232. The first-order chi connectivity index (χ1) is 12.1. The Hall–Kier alpha value is -2.38. The van der Waals surface area contributed by atoms with Gasteiger partial charge in [0.15, 0.2) is 0 Å². The fourth-order valence-corrected chi connectivity index (χ4v) is 2.85. The van der Waals surface area contributed by atoms with Crippen LogP contribution in [0.1, 0.15) is 23.8 Å². The minimum Gasteiger partial charge on any atom is -0.467 e. The van der Waals surface area contributed by atoms with Crippen LogP contribution in [0.5, 0.6) is 0 Å². The molecule has 25 heavy (non-hydrogen) atoms. The van der Waals surface area contributed by atoms with Crippen molar-refractivity contribution in [2.24, 2.45) is 0 Å². The maximum atomic E-state index is 12.9. The molecule has 3 rings (SSSR count). The summed E-state index contributed by atoms with van der Waals surface area (Å²) in [5, 5.41) is 13.1. The number of furan rings is 1. The number of urea groups is 1. The average Bonchev–Trinajstić information content (AvgIpc) is 3.16. The number of hydrogen-bond acceptors (Lipinski definition) is 4. The third-order valence-electron chi connectivity index (χ3n) is 4.21. The molecule has 1 fully saturated rings. The predicted octanol–water partition coefficient (Wildman–Crippen LogP) is 2.45. The molecular weight excluding hydrogens is 327 g/mol. The summed E-state index contributed by atoms with van der Waals surface area (Å²) < 4.78 is 23.6. The molecule has 2 unspecified atom stereocenters. The van der Waals surface area contributed by atoms with E-state index in [0.717, 1.165) is 5.56 Å². The van der Waals surface area contributed by atoms with Crippen LogP contribution in [0, 0.1) is 5.82 Å². The Morgan fingerprint density at radius 3 is 2.88 bits per heavy atom. The van der Waals surface area contributed by atoms with Crippen molar-refractivity contribution in [3.63, 3.8) is 0 Å². The van der Waals surface area contributed by atoms with Gasteiger partial charge in [0.25, 0.3) is 0 Å². The summed E-state index contributed by atoms with van der Waals surface area (Å²) in [5.74, 6) is 0.160. The van der Waals surface area contributed by atoms with Gasteiger partial charge in [-0.15, -0.1) is 0 Å². The number of nitrogens with zero attached hydrogens (tertiary/aromatic N) is 1. The lowest BCUT2D eigenvalue weighted by Crippen LogP contribution is -2.52. The van der Waals surface area contributed by atoms with Crippen molar-refractivity contribution < 1.29 is 23.4 Å². The summed E-state index contributed by atoms with van der Waals surface area (Å²) in [4.78, 5) is 14.2. The van der Waals surface area contributed by atoms with Crippen LogP contribution >= 0.6 is 0 Å². The maximum absolute atomic E-state index is 12.9. The largest absolute Gasteiger partial charge is 0.467 e. The Labute approximate surface area is 145 Å². The molecule has 0 saturated carbocycles. The van der Waals surface area contributed by atoms with E-state index in [2.05, 4.69) is 5.32 Å². The second-order valence-electron chi connectivity index (χ2n) is 5.97. The molecule has 1 aromatic heterocycles. The summed E-state index contributed by atoms with van der Waals surface area (Å²) in [5.41, 5.74) is 0.815. The smallest absolute Gasteiger partial charge is 0.318 e. The monoisotopic (exact) mass is 348 g/mol. The number of aliphatic hydroxyl groups is 1. The standard InChI is InChI=1S/C18H21FN2O4/c19-14-5-3-13(4-6-14)11-20-18(23)21-7-9-24-12-15(21)10-16(22)17-2-1-8-25-17/h1-6,8,15-16,22H,7,9-12H2,(H,20,23). The Bertz CT molecular complexity index is 675. The first-order valence-electron chi connectivity index (χ1n) is 8.21. The van der Waals surface area contributed by atoms with Crippen LogP contribution in [0.15, 0.2) is 47.1 Å². The molecule has 2 N–H and O–H groups in total. The normalized spacial score (nSPS) is 18.8. The first-order valence-corrected chi connectivity index (χ1v) is 8.21. The Morgan fingerprint density at radius 2 is 2.16 bits per heavy atom. The van der Waals surface area contributed by atoms with Gasteiger partial charge in [-0.1, -0.05) is 12.1 Å². The highest BCUT2D eigenvalue weighted by molar-refractivity contribution is 5.74. The van der Waals surface area contributed by atoms with Gasteiger partial charge in [-0.05, 0) is 29.8 Å². The van der Waals surface area contributed by atoms with E-state index in [1.165, 1.54) is 18.4 Å². The number of amides is 2. The molecule has 0 aliphatic carbocycles. The van der Waals surface area contributed by atoms with Gasteiger partial charge in [0, 0.05) is 19.5 Å². The number of hydrogen-bond donors (Lipinski definition) is 2. The van der Waals surface area contributed by atoms with E-state index in [4.69, 9.17) is 9.15 Å². The third kappa shape index (κ3) is 4.58. The van der Waals surface area contributed by atoms with Gasteiger partial charge in [-0.3, -0.25) is 0 Å². The van der Waals surface area contributed by atoms with Crippen molar-refractivity contribution >= 4 is 6.03 Å². The Kier molecular flexibility index (Phi) is 5.67. The number of halogens is 1. The minimum atomic E-state index is -0.797. The summed E-state index contributed by atoms with van der Waals surface area (Å²) in [6.07, 6.45) is 1.04. The fourth-order valence-electron chi connectivity index (χ4n) is 2.85. The zero-order valence-corrected chi connectivity index (χ0v) is 13.7. The number of carbonyl (C=O) groups excluding carboxylic acids is 1. The highest BCUT2D eigenvalue weighted by Gasteiger charge is 2.30. The van der Waals surface area contributed by atoms with Crippen LogP contribution in [0.25, 0.3) is 0 Å². The van der Waals surface area contributed by atoms with Crippen molar-refractivity contribution in [3.8, 4) is 0 Å². The zero-order valence-electron chi connectivity index (χ0n) is 13.7. The SMILES string of the molecule is O=C(NCc1ccc(F)cc1)N1CCOCC1CC(O)c1ccco1. The van der Waals surface area contributed by atoms with Crippen LogP contribution in [0.3, 0.4) is 0 Å². The second kappa shape index (κ2) is 8.13. The molecule has 1 aromatic carbocycles. The van der Waals surface area contributed by atoms with Gasteiger partial charge in [0.05, 0.1) is 25.5 Å². The predicted molar refractivity (Wildman–Crippen MR) is 88.2 cm³/mol. The summed E-state index contributed by atoms with van der Waals surface area (Å²) in [7, 11) is 0. The molecule has 7 heteroatoms. The molecule has 2 heterocycles. The van der Waals surface area contributed by atoms with E-state index in [9.17, 15) is 14.3 Å². The van der Waals surface area contributed by atoms with Crippen LogP contribution in [-0.2, 0) is 11.3 Å². The summed E-state index contributed by atoms with van der Waals surface area (Å²) in [6.45, 7) is 1.58. The van der Waals surface area contributed by atoms with Crippen molar-refractivity contribution in [2.45, 2.75) is 25.1 Å². The van der Waals surface area contributed by atoms with E-state index in [-0.39, 0.29) is 17.9 Å². The van der Waals surface area contributed by atoms with Crippen molar-refractivity contribution in [1.82, 2.24) is 10.2 Å². The molecule has 0 spiro atoms. The van der Waals surface area contributed by atoms with Gasteiger partial charge in [0.2, 0.25) is 0 Å². The lowest BCUT2D eigenvalue weighted by Gasteiger charge is -2.36. The highest BCUT2D eigenvalue weighted by atomic mass is 19.1. The molecule has 2 amide bonds. The van der Waals surface area contributed by atoms with Crippen molar-refractivity contribution in [1.29, 1.82) is 0 Å². The Balaban J connectivity index is 1.57. The molecule has 0 radical (unpaired) electrons. The lowest BCUT2D eigenvalue weighted by molar-refractivity contribution is -0.00974. The van der Waals surface area contributed by atoms with Gasteiger partial charge in [-0.2, -0.15) is 0 Å². The molecule has 1 aliphatic rings. The molecule has 0 bridgehead atoms. The van der Waals surface area contributed by atoms with Crippen LogP contribution < -0.4 is 5.32 Å². The molecule has 6 nitrogen and oxygen atoms in total. The topological polar surface area (TPSA) is 74.9 Å². The molecule has 2 aromatic rings. The van der Waals surface area contributed by atoms with Gasteiger partial charge in [0.1, 0.15) is 17.7 Å². The van der Waals surface area contributed by atoms with E-state index in [1.807, 2.05) is 0 Å². The van der Waals surface area contributed by atoms with E-state index in [0.29, 0.717) is 38.5 Å². The zero-order chi connectivity index (χ0) is 17.6. The summed E-state index contributed by atoms with van der Waals surface area (Å²) >= 11 is 0.